The van der Waals surface area contributed by atoms with Crippen LogP contribution in [0.2, 0.25) is 0 Å². The number of hydrogen-bond donors (Lipinski definition) is 1. The molecule has 108 valence electrons. The van der Waals surface area contributed by atoms with E-state index in [1.807, 2.05) is 23.9 Å². The summed E-state index contributed by atoms with van der Waals surface area (Å²) in [4.78, 5) is 0. The van der Waals surface area contributed by atoms with Gasteiger partial charge in [0.25, 0.3) is 0 Å². The SMILES string of the molecule is CCC(C)n1ccc(CC(N)c2cc(F)ccc2C)n1. The molecule has 2 aromatic rings. The van der Waals surface area contributed by atoms with Crippen molar-refractivity contribution >= 4 is 0 Å². The quantitative estimate of drug-likeness (QED) is 0.907. The van der Waals surface area contributed by atoms with E-state index in [-0.39, 0.29) is 11.9 Å². The number of aromatic nitrogens is 2. The van der Waals surface area contributed by atoms with E-state index >= 15 is 0 Å². The summed E-state index contributed by atoms with van der Waals surface area (Å²) in [5, 5.41) is 4.54. The molecule has 1 aromatic heterocycles. The third-order valence-electron chi connectivity index (χ3n) is 3.78. The Labute approximate surface area is 119 Å². The summed E-state index contributed by atoms with van der Waals surface area (Å²) in [5.74, 6) is -0.244. The maximum atomic E-state index is 13.3. The lowest BCUT2D eigenvalue weighted by Gasteiger charge is -2.14. The Morgan fingerprint density at radius 1 is 1.35 bits per heavy atom. The normalized spacial score (nSPS) is 14.2. The summed E-state index contributed by atoms with van der Waals surface area (Å²) in [6.07, 6.45) is 3.64. The van der Waals surface area contributed by atoms with Gasteiger partial charge in [0.2, 0.25) is 0 Å². The number of halogens is 1. The van der Waals surface area contributed by atoms with Crippen molar-refractivity contribution in [3.05, 3.63) is 53.1 Å². The molecule has 3 nitrogen and oxygen atoms in total. The summed E-state index contributed by atoms with van der Waals surface area (Å²) in [7, 11) is 0. The van der Waals surface area contributed by atoms with Gasteiger partial charge in [0.1, 0.15) is 5.82 Å². The first-order valence-corrected chi connectivity index (χ1v) is 7.07. The van der Waals surface area contributed by atoms with Crippen LogP contribution in [-0.4, -0.2) is 9.78 Å². The number of hydrogen-bond acceptors (Lipinski definition) is 2. The largest absolute Gasteiger partial charge is 0.324 e. The van der Waals surface area contributed by atoms with Crippen LogP contribution in [0.1, 0.15) is 49.2 Å². The van der Waals surface area contributed by atoms with Gasteiger partial charge < -0.3 is 5.73 Å². The minimum atomic E-state index is -0.244. The number of benzene rings is 1. The molecule has 2 unspecified atom stereocenters. The van der Waals surface area contributed by atoms with E-state index < -0.39 is 0 Å². The zero-order chi connectivity index (χ0) is 14.7. The Hall–Kier alpha value is -1.68. The molecule has 0 radical (unpaired) electrons. The van der Waals surface area contributed by atoms with Crippen molar-refractivity contribution in [1.82, 2.24) is 9.78 Å². The molecule has 0 aliphatic rings. The highest BCUT2D eigenvalue weighted by Crippen LogP contribution is 2.20. The molecule has 0 aliphatic heterocycles. The minimum absolute atomic E-state index is 0.231. The Balaban J connectivity index is 2.13. The van der Waals surface area contributed by atoms with Crippen LogP contribution in [0.15, 0.2) is 30.5 Å². The Kier molecular flexibility index (Phi) is 4.55. The van der Waals surface area contributed by atoms with Crippen LogP contribution >= 0.6 is 0 Å². The van der Waals surface area contributed by atoms with Crippen molar-refractivity contribution in [3.8, 4) is 0 Å². The van der Waals surface area contributed by atoms with Crippen LogP contribution in [0.4, 0.5) is 4.39 Å². The van der Waals surface area contributed by atoms with Crippen molar-refractivity contribution in [3.63, 3.8) is 0 Å². The molecule has 0 amide bonds. The Bertz CT molecular complexity index is 577. The third kappa shape index (κ3) is 3.25. The molecule has 2 rings (SSSR count). The van der Waals surface area contributed by atoms with Crippen LogP contribution in [0.3, 0.4) is 0 Å². The van der Waals surface area contributed by atoms with E-state index in [0.717, 1.165) is 23.2 Å². The number of rotatable bonds is 5. The van der Waals surface area contributed by atoms with E-state index in [4.69, 9.17) is 5.73 Å². The molecule has 4 heteroatoms. The molecular weight excluding hydrogens is 253 g/mol. The maximum absolute atomic E-state index is 13.3. The van der Waals surface area contributed by atoms with Gasteiger partial charge in [-0.05, 0) is 49.6 Å². The highest BCUT2D eigenvalue weighted by molar-refractivity contribution is 5.30. The standard InChI is InChI=1S/C16H22FN3/c1-4-12(3)20-8-7-14(19-20)10-16(18)15-9-13(17)6-5-11(15)2/h5-9,12,16H,4,10,18H2,1-3H3. The first-order valence-electron chi connectivity index (χ1n) is 7.07. The van der Waals surface area contributed by atoms with E-state index in [1.54, 1.807) is 6.07 Å². The lowest BCUT2D eigenvalue weighted by molar-refractivity contribution is 0.471. The fourth-order valence-electron chi connectivity index (χ4n) is 2.26. The molecule has 0 spiro atoms. The van der Waals surface area contributed by atoms with Gasteiger partial charge >= 0.3 is 0 Å². The van der Waals surface area contributed by atoms with E-state index in [9.17, 15) is 4.39 Å². The summed E-state index contributed by atoms with van der Waals surface area (Å²) in [6.45, 7) is 6.22. The summed E-state index contributed by atoms with van der Waals surface area (Å²) in [5.41, 5.74) is 9.01. The topological polar surface area (TPSA) is 43.8 Å². The van der Waals surface area contributed by atoms with Gasteiger partial charge in [0.05, 0.1) is 5.69 Å². The molecule has 0 aliphatic carbocycles. The molecule has 0 bridgehead atoms. The molecule has 1 heterocycles. The Morgan fingerprint density at radius 3 is 2.80 bits per heavy atom. The Morgan fingerprint density at radius 2 is 2.10 bits per heavy atom. The van der Waals surface area contributed by atoms with Gasteiger partial charge in [-0.15, -0.1) is 0 Å². The fourth-order valence-corrected chi connectivity index (χ4v) is 2.26. The van der Waals surface area contributed by atoms with Gasteiger partial charge in [-0.2, -0.15) is 5.10 Å². The van der Waals surface area contributed by atoms with Gasteiger partial charge in [-0.1, -0.05) is 13.0 Å². The van der Waals surface area contributed by atoms with Crippen molar-refractivity contribution in [2.45, 2.75) is 45.7 Å². The molecule has 20 heavy (non-hydrogen) atoms. The lowest BCUT2D eigenvalue weighted by Crippen LogP contribution is -2.16. The second-order valence-electron chi connectivity index (χ2n) is 5.36. The van der Waals surface area contributed by atoms with Crippen LogP contribution in [0.5, 0.6) is 0 Å². The summed E-state index contributed by atoms with van der Waals surface area (Å²) in [6, 6.07) is 6.89. The van der Waals surface area contributed by atoms with Gasteiger partial charge in [-0.3, -0.25) is 4.68 Å². The first kappa shape index (κ1) is 14.7. The molecule has 2 N–H and O–H groups in total. The second-order valence-corrected chi connectivity index (χ2v) is 5.36. The van der Waals surface area contributed by atoms with Gasteiger partial charge in [-0.25, -0.2) is 4.39 Å². The smallest absolute Gasteiger partial charge is 0.123 e. The number of nitrogens with zero attached hydrogens (tertiary/aromatic N) is 2. The summed E-state index contributed by atoms with van der Waals surface area (Å²) >= 11 is 0. The van der Waals surface area contributed by atoms with Crippen LogP contribution in [-0.2, 0) is 6.42 Å². The average Bonchev–Trinajstić information content (AvgIpc) is 2.89. The van der Waals surface area contributed by atoms with E-state index in [0.29, 0.717) is 12.5 Å². The zero-order valence-corrected chi connectivity index (χ0v) is 12.3. The molecule has 0 fully saturated rings. The predicted octanol–water partition coefficient (Wildman–Crippen LogP) is 3.54. The van der Waals surface area contributed by atoms with E-state index in [1.165, 1.54) is 12.1 Å². The van der Waals surface area contributed by atoms with Gasteiger partial charge in [0, 0.05) is 24.7 Å². The third-order valence-corrected chi connectivity index (χ3v) is 3.78. The molecule has 0 saturated heterocycles. The first-order chi connectivity index (χ1) is 9.51. The maximum Gasteiger partial charge on any atom is 0.123 e. The van der Waals surface area contributed by atoms with E-state index in [2.05, 4.69) is 18.9 Å². The minimum Gasteiger partial charge on any atom is -0.324 e. The lowest BCUT2D eigenvalue weighted by atomic mass is 9.98. The monoisotopic (exact) mass is 275 g/mol. The number of aryl methyl sites for hydroxylation is 1. The van der Waals surface area contributed by atoms with Crippen LogP contribution in [0.25, 0.3) is 0 Å². The van der Waals surface area contributed by atoms with Crippen LogP contribution < -0.4 is 5.73 Å². The summed E-state index contributed by atoms with van der Waals surface area (Å²) < 4.78 is 15.3. The van der Waals surface area contributed by atoms with Crippen molar-refractivity contribution in [2.24, 2.45) is 5.73 Å². The molecule has 2 atom stereocenters. The average molecular weight is 275 g/mol. The second kappa shape index (κ2) is 6.18. The zero-order valence-electron chi connectivity index (χ0n) is 12.3. The van der Waals surface area contributed by atoms with Gasteiger partial charge in [0.15, 0.2) is 0 Å². The van der Waals surface area contributed by atoms with Crippen molar-refractivity contribution < 1.29 is 4.39 Å². The highest BCUT2D eigenvalue weighted by Gasteiger charge is 2.13. The fraction of sp³-hybridized carbons (Fsp3) is 0.438. The molecular formula is C16H22FN3. The molecule has 1 aromatic carbocycles. The highest BCUT2D eigenvalue weighted by atomic mass is 19.1. The number of nitrogens with two attached hydrogens (primary N) is 1. The van der Waals surface area contributed by atoms with Crippen LogP contribution in [0, 0.1) is 12.7 Å². The predicted molar refractivity (Wildman–Crippen MR) is 79.0 cm³/mol. The van der Waals surface area contributed by atoms with Crippen molar-refractivity contribution in [1.29, 1.82) is 0 Å². The van der Waals surface area contributed by atoms with Crippen molar-refractivity contribution in [2.75, 3.05) is 0 Å². The molecule has 0 saturated carbocycles.